The maximum atomic E-state index is 13.4. The first-order valence-corrected chi connectivity index (χ1v) is 46.0. The number of carbonyl (C=O) groups excluding carboxylic acids is 4. The molecule has 12 saturated heterocycles. The van der Waals surface area contributed by atoms with Crippen LogP contribution in [0.2, 0.25) is 0 Å². The quantitative estimate of drug-likeness (QED) is 0.0275. The summed E-state index contributed by atoms with van der Waals surface area (Å²) >= 11 is 0. The highest BCUT2D eigenvalue weighted by Crippen LogP contribution is 2.43. The van der Waals surface area contributed by atoms with Crippen LogP contribution in [0.3, 0.4) is 0 Å². The molecule has 0 saturated carbocycles. The Kier molecular flexibility index (Phi) is 42.4. The summed E-state index contributed by atoms with van der Waals surface area (Å²) < 4.78 is 137. The molecule has 12 fully saturated rings. The highest BCUT2D eigenvalue weighted by atomic mass is 16.8. The summed E-state index contributed by atoms with van der Waals surface area (Å²) in [6.07, 6.45) is -120. The molecule has 0 aromatic rings. The molecule has 37 N–H and O–H groups in total. The van der Waals surface area contributed by atoms with Gasteiger partial charge in [-0.05, 0) is 6.92 Å². The number of aliphatic hydroxyl groups is 33. The van der Waals surface area contributed by atoms with Crippen LogP contribution in [-0.4, -0.2) is 633 Å². The molecule has 0 aromatic carbocycles. The highest BCUT2D eigenvalue weighted by molar-refractivity contribution is 5.74. The van der Waals surface area contributed by atoms with Gasteiger partial charge >= 0.3 is 0 Å². The number of rotatable bonds is 37. The summed E-state index contributed by atoms with van der Waals surface area (Å²) in [5, 5.41) is 380. The second-order valence-corrected chi connectivity index (χ2v) is 36.6. The number of carbonyl (C=O) groups is 4. The van der Waals surface area contributed by atoms with Crippen LogP contribution in [0.25, 0.3) is 0 Å². The average Bonchev–Trinajstić information content (AvgIpc) is 0.730. The lowest BCUT2D eigenvalue weighted by atomic mass is 9.93. The Hall–Kier alpha value is -4.36. The van der Waals surface area contributed by atoms with Crippen LogP contribution in [0.1, 0.15) is 34.6 Å². The van der Waals surface area contributed by atoms with Crippen molar-refractivity contribution in [3.8, 4) is 0 Å². The van der Waals surface area contributed by atoms with Gasteiger partial charge in [0.05, 0.1) is 78.8 Å². The molecule has 0 aromatic heterocycles. The van der Waals surface area contributed by atoms with Crippen LogP contribution in [0, 0.1) is 0 Å². The smallest absolute Gasteiger partial charge is 0.217 e. The molecule has 0 spiro atoms. The molecule has 60 atom stereocenters. The number of aliphatic hydroxyl groups excluding tert-OH is 33. The van der Waals surface area contributed by atoms with Gasteiger partial charge in [0.1, 0.15) is 287 Å². The Morgan fingerprint density at radius 2 is 0.424 bits per heavy atom. The molecule has 12 heterocycles. The minimum atomic E-state index is -2.71. The van der Waals surface area contributed by atoms with Gasteiger partial charge in [-0.2, -0.15) is 0 Å². The standard InChI is InChI=1S/C80H134N4O60/c1-17-37(98)49(110)54(115)73(124-17)122-16-32-63(45(106)33(69(121)125-32)81-18(2)94)136-70-34(82-19(3)95)46(107)62(28(12-91)132-70)139-78-59(120)66(142-80-68(53(114)41(102)25(9-88)131-80)144-72-36(84-21(5)97)48(109)61(30(14-93)134-72)138-77-58(119)65(43(104)27(11-90)129-77)141-75-56(117)51(112)39(100)23(7-86)127-75)44(105)31(135-78)15-123-79-67(52(113)40(101)24(8-87)130-79)143-71-35(83-20(4)96)47(108)60(29(13-92)133-71)137-76-57(118)64(42(103)26(10-89)128-76)140-74-55(116)50(111)38(99)22(6-85)126-74/h17,22-80,85-93,98-121H,6-16H2,1-5H3,(H,81,94)(H,82,95)(H,83,96)(H,84,97)/t17-,22+,23+,24+,25+,26+,27+,28+,29+,30+,31+,32+,33+,34+,35+,36+,37+,38-,39-,40+,41+,42-,43-,44+,45+,46+,47+,48+,49+,50-,51-,52-,53-,54-,55+,56+,57+,58+,59-,60+,61+,62+,63+,64-,65-,66-,67-,68-,69?,70-,71-,72-,73+,74+,75+,76-,77-,78-,79-,80+/m0/s1. The predicted octanol–water partition coefficient (Wildman–Crippen LogP) is -25.6. The first-order valence-electron chi connectivity index (χ1n) is 46.0. The van der Waals surface area contributed by atoms with Gasteiger partial charge in [-0.15, -0.1) is 0 Å². The van der Waals surface area contributed by atoms with E-state index in [0.717, 1.165) is 27.7 Å². The molecule has 0 bridgehead atoms. The number of nitrogens with one attached hydrogen (secondary N) is 4. The minimum absolute atomic E-state index is 0.874. The molecule has 64 heteroatoms. The van der Waals surface area contributed by atoms with E-state index in [4.69, 9.17) is 109 Å². The number of hydrogen-bond acceptors (Lipinski definition) is 60. The Morgan fingerprint density at radius 1 is 0.194 bits per heavy atom. The van der Waals surface area contributed by atoms with Crippen molar-refractivity contribution in [2.75, 3.05) is 72.7 Å². The topological polar surface area (TPSA) is 996 Å². The first-order chi connectivity index (χ1) is 68.1. The SMILES string of the molecule is CC(=O)N[C@H]1[C@H](O[C@H]2[C@H](O)[C@@H](NC(C)=O)C(O)O[C@@H]2CO[C@@H]2O[C@@H](C)[C@@H](O)[C@@H](O)[C@@H]2O)O[C@H](CO)[C@@H](O[C@@H]2O[C@H](CO[C@H]3O[C@H](CO)[C@@H](O)[C@H](O)[C@@H]3O[C@@H]3O[C@H](CO)[C@@H](O[C@@H]4O[C@H](CO)[C@H](O)[C@H](O[C@H]5O[C@H](CO)[C@H](O)[C@H](O)[C@H]5O)[C@H]4O)[C@H](O)[C@H]3NC(C)=O)[C@@H](O)[C@H](O[C@H]3O[C@H](CO)[C@@H](O)[C@H](O)[C@@H]3O[C@@H]3O[C@H](CO)[C@@H](O[C@@H]4O[C@H](CO)[C@H](O)[C@H](O[C@H]5O[C@H](CO)[C@H](O)[C@H](O)[C@H]5O)[C@H]4O)[C@H](O)[C@H]3NC(C)=O)[C@@H]2O)[C@@H]1O. The van der Waals surface area contributed by atoms with E-state index in [9.17, 15) is 188 Å². The fourth-order valence-corrected chi connectivity index (χ4v) is 18.7. The monoisotopic (exact) mass is 2110 g/mol. The summed E-state index contributed by atoms with van der Waals surface area (Å²) in [5.41, 5.74) is 0. The Balaban J connectivity index is 0.856. The molecule has 144 heavy (non-hydrogen) atoms. The zero-order valence-electron chi connectivity index (χ0n) is 77.2. The van der Waals surface area contributed by atoms with Crippen LogP contribution >= 0.6 is 0 Å². The molecule has 0 radical (unpaired) electrons. The van der Waals surface area contributed by atoms with Crippen molar-refractivity contribution >= 4 is 23.6 Å². The molecule has 64 nitrogen and oxygen atoms in total. The fourth-order valence-electron chi connectivity index (χ4n) is 18.7. The van der Waals surface area contributed by atoms with Crippen molar-refractivity contribution in [1.29, 1.82) is 0 Å². The third kappa shape index (κ3) is 25.8. The van der Waals surface area contributed by atoms with Crippen LogP contribution in [0.4, 0.5) is 0 Å². The van der Waals surface area contributed by atoms with Gasteiger partial charge in [0.25, 0.3) is 0 Å². The van der Waals surface area contributed by atoms with Crippen LogP contribution < -0.4 is 21.3 Å². The molecule has 1 unspecified atom stereocenters. The third-order valence-electron chi connectivity index (χ3n) is 26.6. The normalized spacial score (nSPS) is 50.4. The molecule has 12 aliphatic heterocycles. The number of amides is 4. The lowest BCUT2D eigenvalue weighted by molar-refractivity contribution is -0.400. The Labute approximate surface area is 814 Å². The number of ether oxygens (including phenoxy) is 23. The second kappa shape index (κ2) is 51.6. The highest BCUT2D eigenvalue weighted by Gasteiger charge is 2.64. The molecule has 0 aliphatic carbocycles. The second-order valence-electron chi connectivity index (χ2n) is 36.6. The predicted molar refractivity (Wildman–Crippen MR) is 440 cm³/mol. The van der Waals surface area contributed by atoms with Gasteiger partial charge in [-0.1, -0.05) is 0 Å². The van der Waals surface area contributed by atoms with Gasteiger partial charge < -0.3 is 299 Å². The van der Waals surface area contributed by atoms with E-state index < -0.39 is 465 Å². The van der Waals surface area contributed by atoms with Crippen molar-refractivity contribution < 1.29 is 297 Å². The molecular weight excluding hydrogens is 1980 g/mol. The molecule has 834 valence electrons. The van der Waals surface area contributed by atoms with Crippen molar-refractivity contribution in [1.82, 2.24) is 21.3 Å². The maximum Gasteiger partial charge on any atom is 0.217 e. The van der Waals surface area contributed by atoms with Crippen molar-refractivity contribution in [3.63, 3.8) is 0 Å². The Morgan fingerprint density at radius 3 is 0.778 bits per heavy atom. The maximum absolute atomic E-state index is 13.4. The molecule has 12 aliphatic rings. The van der Waals surface area contributed by atoms with Crippen molar-refractivity contribution in [2.24, 2.45) is 0 Å². The summed E-state index contributed by atoms with van der Waals surface area (Å²) in [4.78, 5) is 52.5. The van der Waals surface area contributed by atoms with Crippen molar-refractivity contribution in [2.45, 2.75) is 403 Å². The van der Waals surface area contributed by atoms with Crippen LogP contribution in [0.15, 0.2) is 0 Å². The molecule has 4 amide bonds. The summed E-state index contributed by atoms with van der Waals surface area (Å²) in [6, 6.07) is -8.05. The van der Waals surface area contributed by atoms with Gasteiger partial charge in [0.2, 0.25) is 23.6 Å². The van der Waals surface area contributed by atoms with Crippen LogP contribution in [-0.2, 0) is 128 Å². The molecule has 12 rings (SSSR count). The van der Waals surface area contributed by atoms with Gasteiger partial charge in [0, 0.05) is 27.7 Å². The number of hydrogen-bond donors (Lipinski definition) is 37. The third-order valence-corrected chi connectivity index (χ3v) is 26.6. The van der Waals surface area contributed by atoms with Crippen molar-refractivity contribution in [3.05, 3.63) is 0 Å². The largest absolute Gasteiger partial charge is 0.394 e. The van der Waals surface area contributed by atoms with Gasteiger partial charge in [-0.25, -0.2) is 0 Å². The lowest BCUT2D eigenvalue weighted by Gasteiger charge is -2.51. The van der Waals surface area contributed by atoms with E-state index in [-0.39, 0.29) is 0 Å². The van der Waals surface area contributed by atoms with E-state index in [1.807, 2.05) is 0 Å². The van der Waals surface area contributed by atoms with Crippen LogP contribution in [0.5, 0.6) is 0 Å². The lowest BCUT2D eigenvalue weighted by Crippen LogP contribution is -2.71. The molecular formula is C80H134N4O60. The van der Waals surface area contributed by atoms with E-state index >= 15 is 0 Å². The zero-order valence-corrected chi connectivity index (χ0v) is 77.2. The Bertz CT molecular complexity index is 3980. The van der Waals surface area contributed by atoms with E-state index in [1.54, 1.807) is 0 Å². The van der Waals surface area contributed by atoms with E-state index in [0.29, 0.717) is 0 Å². The van der Waals surface area contributed by atoms with E-state index in [1.165, 1.54) is 6.92 Å². The summed E-state index contributed by atoms with van der Waals surface area (Å²) in [7, 11) is 0. The van der Waals surface area contributed by atoms with Gasteiger partial charge in [0.15, 0.2) is 75.5 Å². The summed E-state index contributed by atoms with van der Waals surface area (Å²) in [6.45, 7) is -7.77. The fraction of sp³-hybridized carbons (Fsp3) is 0.950. The van der Waals surface area contributed by atoms with Gasteiger partial charge in [-0.3, -0.25) is 19.2 Å². The first kappa shape index (κ1) is 118. The summed E-state index contributed by atoms with van der Waals surface area (Å²) in [5.74, 6) is -3.98. The minimum Gasteiger partial charge on any atom is -0.394 e. The zero-order chi connectivity index (χ0) is 106. The average molecular weight is 2110 g/mol. The van der Waals surface area contributed by atoms with E-state index in [2.05, 4.69) is 21.3 Å².